The Balaban J connectivity index is 2.34. The van der Waals surface area contributed by atoms with Gasteiger partial charge in [0.1, 0.15) is 5.75 Å². The summed E-state index contributed by atoms with van der Waals surface area (Å²) in [5.74, 6) is 0.887. The normalized spacial score (nSPS) is 9.86. The van der Waals surface area contributed by atoms with E-state index >= 15 is 0 Å². The minimum Gasteiger partial charge on any atom is -0.497 e. The molecule has 0 aliphatic carbocycles. The summed E-state index contributed by atoms with van der Waals surface area (Å²) in [5, 5.41) is 6.57. The van der Waals surface area contributed by atoms with E-state index in [0.717, 1.165) is 31.1 Å². The molecule has 0 aliphatic rings. The maximum absolute atomic E-state index is 5.13. The zero-order valence-corrected chi connectivity index (χ0v) is 8.84. The third-order valence-corrected chi connectivity index (χ3v) is 1.95. The number of anilines is 1. The molecule has 14 heavy (non-hydrogen) atoms. The van der Waals surface area contributed by atoms with Crippen LogP contribution in [0, 0.1) is 0 Å². The van der Waals surface area contributed by atoms with Crippen LogP contribution in [0.1, 0.15) is 6.92 Å². The van der Waals surface area contributed by atoms with Crippen molar-refractivity contribution in [1.82, 2.24) is 5.32 Å². The molecule has 0 fully saturated rings. The van der Waals surface area contributed by atoms with Crippen LogP contribution in [0.15, 0.2) is 24.3 Å². The topological polar surface area (TPSA) is 33.3 Å². The first-order valence-electron chi connectivity index (χ1n) is 4.95. The minimum atomic E-state index is 0.887. The Morgan fingerprint density at radius 3 is 2.86 bits per heavy atom. The van der Waals surface area contributed by atoms with Gasteiger partial charge in [-0.3, -0.25) is 0 Å². The monoisotopic (exact) mass is 194 g/mol. The predicted molar refractivity (Wildman–Crippen MR) is 60.0 cm³/mol. The largest absolute Gasteiger partial charge is 0.497 e. The molecule has 0 saturated carbocycles. The highest BCUT2D eigenvalue weighted by Gasteiger charge is 1.93. The van der Waals surface area contributed by atoms with E-state index in [1.54, 1.807) is 7.11 Å². The molecule has 3 heteroatoms. The lowest BCUT2D eigenvalue weighted by atomic mass is 10.3. The van der Waals surface area contributed by atoms with Crippen molar-refractivity contribution >= 4 is 5.69 Å². The lowest BCUT2D eigenvalue weighted by Gasteiger charge is -2.07. The SMILES string of the molecule is CCNCCNc1cccc(OC)c1. The number of likely N-dealkylation sites (N-methyl/N-ethyl adjacent to an activating group) is 1. The third-order valence-electron chi connectivity index (χ3n) is 1.95. The lowest BCUT2D eigenvalue weighted by molar-refractivity contribution is 0.415. The number of nitrogens with one attached hydrogen (secondary N) is 2. The van der Waals surface area contributed by atoms with Gasteiger partial charge in [0.05, 0.1) is 7.11 Å². The van der Waals surface area contributed by atoms with Crippen molar-refractivity contribution in [1.29, 1.82) is 0 Å². The van der Waals surface area contributed by atoms with E-state index in [9.17, 15) is 0 Å². The fourth-order valence-corrected chi connectivity index (χ4v) is 1.21. The van der Waals surface area contributed by atoms with Gasteiger partial charge in [0.2, 0.25) is 0 Å². The van der Waals surface area contributed by atoms with E-state index in [1.807, 2.05) is 24.3 Å². The van der Waals surface area contributed by atoms with Gasteiger partial charge in [-0.05, 0) is 18.7 Å². The van der Waals surface area contributed by atoms with E-state index in [-0.39, 0.29) is 0 Å². The molecule has 2 N–H and O–H groups in total. The van der Waals surface area contributed by atoms with Crippen LogP contribution in [0.25, 0.3) is 0 Å². The van der Waals surface area contributed by atoms with E-state index in [4.69, 9.17) is 4.74 Å². The zero-order valence-electron chi connectivity index (χ0n) is 8.84. The average molecular weight is 194 g/mol. The molecule has 1 rings (SSSR count). The van der Waals surface area contributed by atoms with E-state index in [1.165, 1.54) is 0 Å². The number of methoxy groups -OCH3 is 1. The first-order chi connectivity index (χ1) is 6.86. The number of ether oxygens (including phenoxy) is 1. The lowest BCUT2D eigenvalue weighted by Crippen LogP contribution is -2.21. The van der Waals surface area contributed by atoms with E-state index < -0.39 is 0 Å². The molecule has 0 aromatic heterocycles. The van der Waals surface area contributed by atoms with Crippen molar-refractivity contribution in [2.45, 2.75) is 6.92 Å². The Kier molecular flexibility index (Phi) is 4.86. The molecule has 0 bridgehead atoms. The highest BCUT2D eigenvalue weighted by molar-refractivity contribution is 5.48. The highest BCUT2D eigenvalue weighted by atomic mass is 16.5. The Morgan fingerprint density at radius 2 is 2.14 bits per heavy atom. The second kappa shape index (κ2) is 6.27. The van der Waals surface area contributed by atoms with Gasteiger partial charge in [-0.15, -0.1) is 0 Å². The van der Waals surface area contributed by atoms with Gasteiger partial charge in [-0.25, -0.2) is 0 Å². The number of hydrogen-bond acceptors (Lipinski definition) is 3. The molecule has 0 spiro atoms. The molecule has 0 heterocycles. The van der Waals surface area contributed by atoms with Crippen LogP contribution in [-0.2, 0) is 0 Å². The fourth-order valence-electron chi connectivity index (χ4n) is 1.21. The maximum atomic E-state index is 5.13. The second-order valence-electron chi connectivity index (χ2n) is 3.01. The first-order valence-corrected chi connectivity index (χ1v) is 4.95. The van der Waals surface area contributed by atoms with Crippen molar-refractivity contribution < 1.29 is 4.74 Å². The third kappa shape index (κ3) is 3.66. The average Bonchev–Trinajstić information content (AvgIpc) is 2.25. The molecule has 3 nitrogen and oxygen atoms in total. The smallest absolute Gasteiger partial charge is 0.120 e. The summed E-state index contributed by atoms with van der Waals surface area (Å²) in [5.41, 5.74) is 1.10. The Morgan fingerprint density at radius 1 is 1.29 bits per heavy atom. The van der Waals surface area contributed by atoms with Gasteiger partial charge in [0.15, 0.2) is 0 Å². The molecule has 1 aromatic carbocycles. The summed E-state index contributed by atoms with van der Waals surface area (Å²) in [6.07, 6.45) is 0. The van der Waals surface area contributed by atoms with Gasteiger partial charge >= 0.3 is 0 Å². The van der Waals surface area contributed by atoms with Crippen LogP contribution in [0.5, 0.6) is 5.75 Å². The molecule has 0 amide bonds. The summed E-state index contributed by atoms with van der Waals surface area (Å²) in [6, 6.07) is 7.95. The van der Waals surface area contributed by atoms with Crippen molar-refractivity contribution in [2.24, 2.45) is 0 Å². The Bertz CT molecular complexity index is 263. The molecule has 0 aliphatic heterocycles. The Hall–Kier alpha value is -1.22. The minimum absolute atomic E-state index is 0.887. The molecule has 0 saturated heterocycles. The molecule has 78 valence electrons. The first kappa shape index (κ1) is 10.9. The van der Waals surface area contributed by atoms with Crippen LogP contribution < -0.4 is 15.4 Å². The molecule has 0 atom stereocenters. The van der Waals surface area contributed by atoms with Gasteiger partial charge in [-0.2, -0.15) is 0 Å². The fraction of sp³-hybridized carbons (Fsp3) is 0.455. The van der Waals surface area contributed by atoms with Crippen LogP contribution in [0.4, 0.5) is 5.69 Å². The molecule has 0 radical (unpaired) electrons. The Labute approximate surface area is 85.5 Å². The summed E-state index contributed by atoms with van der Waals surface area (Å²) >= 11 is 0. The predicted octanol–water partition coefficient (Wildman–Crippen LogP) is 1.72. The van der Waals surface area contributed by atoms with Crippen LogP contribution in [0.3, 0.4) is 0 Å². The van der Waals surface area contributed by atoms with Crippen LogP contribution in [-0.4, -0.2) is 26.7 Å². The van der Waals surface area contributed by atoms with Gasteiger partial charge in [0.25, 0.3) is 0 Å². The summed E-state index contributed by atoms with van der Waals surface area (Å²) < 4.78 is 5.13. The number of hydrogen-bond donors (Lipinski definition) is 2. The van der Waals surface area contributed by atoms with Gasteiger partial charge < -0.3 is 15.4 Å². The van der Waals surface area contributed by atoms with Gasteiger partial charge in [-0.1, -0.05) is 13.0 Å². The van der Waals surface area contributed by atoms with Crippen molar-refractivity contribution in [3.63, 3.8) is 0 Å². The number of rotatable bonds is 6. The highest BCUT2D eigenvalue weighted by Crippen LogP contribution is 2.15. The summed E-state index contributed by atoms with van der Waals surface area (Å²) in [4.78, 5) is 0. The summed E-state index contributed by atoms with van der Waals surface area (Å²) in [6.45, 7) is 5.03. The molecular formula is C11H18N2O. The van der Waals surface area contributed by atoms with Crippen LogP contribution >= 0.6 is 0 Å². The zero-order chi connectivity index (χ0) is 10.2. The van der Waals surface area contributed by atoms with E-state index in [0.29, 0.717) is 0 Å². The molecule has 0 unspecified atom stereocenters. The van der Waals surface area contributed by atoms with Crippen molar-refractivity contribution in [2.75, 3.05) is 32.1 Å². The van der Waals surface area contributed by atoms with E-state index in [2.05, 4.69) is 17.6 Å². The van der Waals surface area contributed by atoms with Crippen LogP contribution in [0.2, 0.25) is 0 Å². The maximum Gasteiger partial charge on any atom is 0.120 e. The quantitative estimate of drug-likeness (QED) is 0.676. The molecular weight excluding hydrogens is 176 g/mol. The number of benzene rings is 1. The van der Waals surface area contributed by atoms with Crippen molar-refractivity contribution in [3.05, 3.63) is 24.3 Å². The van der Waals surface area contributed by atoms with Gasteiger partial charge in [0, 0.05) is 24.8 Å². The standard InChI is InChI=1S/C11H18N2O/c1-3-12-7-8-13-10-5-4-6-11(9-10)14-2/h4-6,9,12-13H,3,7-8H2,1-2H3. The van der Waals surface area contributed by atoms with Crippen molar-refractivity contribution in [3.8, 4) is 5.75 Å². The molecule has 1 aromatic rings. The second-order valence-corrected chi connectivity index (χ2v) is 3.01. The summed E-state index contributed by atoms with van der Waals surface area (Å²) in [7, 11) is 1.68.